The van der Waals surface area contributed by atoms with Crippen LogP contribution in [0.5, 0.6) is 0 Å². The minimum absolute atomic E-state index is 0.350. The molecule has 1 aliphatic heterocycles. The molecule has 132 valence electrons. The summed E-state index contributed by atoms with van der Waals surface area (Å²) in [4.78, 5) is 16.3. The highest BCUT2D eigenvalue weighted by molar-refractivity contribution is 6.35. The van der Waals surface area contributed by atoms with Crippen molar-refractivity contribution in [3.8, 4) is 0 Å². The maximum atomic E-state index is 6.14. The molecule has 1 atom stereocenters. The van der Waals surface area contributed by atoms with E-state index in [2.05, 4.69) is 37.5 Å². The summed E-state index contributed by atoms with van der Waals surface area (Å²) in [5.74, 6) is 1.40. The smallest absolute Gasteiger partial charge is 0.226 e. The van der Waals surface area contributed by atoms with Crippen molar-refractivity contribution in [3.05, 3.63) is 11.3 Å². The van der Waals surface area contributed by atoms with E-state index in [1.165, 1.54) is 19.3 Å². The quantitative estimate of drug-likeness (QED) is 0.832. The van der Waals surface area contributed by atoms with E-state index in [1.54, 1.807) is 0 Å². The van der Waals surface area contributed by atoms with Crippen LogP contribution in [0.2, 0.25) is 0 Å². The molecule has 3 rings (SSSR count). The fourth-order valence-corrected chi connectivity index (χ4v) is 3.55. The molecule has 0 aliphatic carbocycles. The van der Waals surface area contributed by atoms with Gasteiger partial charge in [0.1, 0.15) is 13.7 Å². The van der Waals surface area contributed by atoms with Crippen molar-refractivity contribution in [2.24, 2.45) is 0 Å². The molecule has 1 saturated heterocycles. The van der Waals surface area contributed by atoms with Gasteiger partial charge in [-0.2, -0.15) is 9.97 Å². The fourth-order valence-electron chi connectivity index (χ4n) is 3.55. The summed E-state index contributed by atoms with van der Waals surface area (Å²) < 4.78 is 0. The number of anilines is 2. The molecular formula is C18H27BN6. The highest BCUT2D eigenvalue weighted by atomic mass is 15.2. The van der Waals surface area contributed by atoms with E-state index in [1.807, 2.05) is 20.9 Å². The van der Waals surface area contributed by atoms with Crippen LogP contribution >= 0.6 is 0 Å². The van der Waals surface area contributed by atoms with E-state index >= 15 is 0 Å². The highest BCUT2D eigenvalue weighted by Gasteiger charge is 2.18. The lowest BCUT2D eigenvalue weighted by Crippen LogP contribution is -2.36. The molecule has 6 nitrogen and oxygen atoms in total. The van der Waals surface area contributed by atoms with E-state index in [0.717, 1.165) is 42.0 Å². The molecule has 2 aromatic rings. The Hall–Kier alpha value is -1.89. The van der Waals surface area contributed by atoms with Crippen LogP contribution in [0.15, 0.2) is 0 Å². The first-order valence-electron chi connectivity index (χ1n) is 9.07. The van der Waals surface area contributed by atoms with Crippen LogP contribution in [0, 0.1) is 13.8 Å². The van der Waals surface area contributed by atoms with Crippen LogP contribution in [0.1, 0.15) is 36.9 Å². The van der Waals surface area contributed by atoms with Crippen molar-refractivity contribution in [1.29, 1.82) is 0 Å². The third-order valence-corrected chi connectivity index (χ3v) is 5.03. The van der Waals surface area contributed by atoms with Crippen LogP contribution < -0.4 is 16.1 Å². The van der Waals surface area contributed by atoms with Gasteiger partial charge in [-0.15, -0.1) is 0 Å². The average molecular weight is 338 g/mol. The molecule has 7 heteroatoms. The van der Waals surface area contributed by atoms with Crippen molar-refractivity contribution in [1.82, 2.24) is 19.9 Å². The highest BCUT2D eigenvalue weighted by Crippen LogP contribution is 2.24. The van der Waals surface area contributed by atoms with E-state index in [-0.39, 0.29) is 0 Å². The first-order valence-corrected chi connectivity index (χ1v) is 9.07. The van der Waals surface area contributed by atoms with Crippen LogP contribution in [-0.4, -0.2) is 60.9 Å². The molecule has 2 radical (unpaired) electrons. The molecule has 0 saturated carbocycles. The monoisotopic (exact) mass is 338 g/mol. The zero-order valence-corrected chi connectivity index (χ0v) is 15.7. The summed E-state index contributed by atoms with van der Waals surface area (Å²) in [5.41, 5.74) is 3.17. The Bertz CT molecular complexity index is 763. The third kappa shape index (κ3) is 3.87. The van der Waals surface area contributed by atoms with Gasteiger partial charge in [0.25, 0.3) is 0 Å². The zero-order chi connectivity index (χ0) is 18.0. The molecule has 25 heavy (non-hydrogen) atoms. The lowest BCUT2D eigenvalue weighted by Gasteiger charge is -2.27. The van der Waals surface area contributed by atoms with Crippen molar-refractivity contribution in [3.63, 3.8) is 0 Å². The molecule has 1 fully saturated rings. The van der Waals surface area contributed by atoms with E-state index in [0.29, 0.717) is 23.1 Å². The van der Waals surface area contributed by atoms with E-state index in [9.17, 15) is 0 Å². The Morgan fingerprint density at radius 3 is 2.68 bits per heavy atom. The molecule has 1 aliphatic rings. The Morgan fingerprint density at radius 1 is 1.12 bits per heavy atom. The first-order chi connectivity index (χ1) is 12.0. The number of nitrogens with one attached hydrogen (secondary N) is 2. The molecular weight excluding hydrogens is 311 g/mol. The normalized spacial score (nSPS) is 19.4. The predicted octanol–water partition coefficient (Wildman–Crippen LogP) is 1.76. The molecule has 3 heterocycles. The number of rotatable bonds is 3. The number of aryl methyl sites for hydroxylation is 2. The molecule has 0 amide bonds. The fraction of sp³-hybridized carbons (Fsp3) is 0.611. The number of aromatic nitrogens is 3. The molecule has 2 N–H and O–H groups in total. The summed E-state index contributed by atoms with van der Waals surface area (Å²) in [5, 5.41) is 7.59. The largest absolute Gasteiger partial charge is 0.372 e. The van der Waals surface area contributed by atoms with Gasteiger partial charge in [-0.25, -0.2) is 4.98 Å². The number of pyridine rings is 1. The van der Waals surface area contributed by atoms with Gasteiger partial charge >= 0.3 is 0 Å². The van der Waals surface area contributed by atoms with Crippen molar-refractivity contribution in [2.75, 3.05) is 37.8 Å². The van der Waals surface area contributed by atoms with Gasteiger partial charge in [-0.3, -0.25) is 0 Å². The second-order valence-corrected chi connectivity index (χ2v) is 7.03. The van der Waals surface area contributed by atoms with E-state index in [4.69, 9.17) is 7.85 Å². The van der Waals surface area contributed by atoms with Crippen molar-refractivity contribution >= 4 is 36.1 Å². The summed E-state index contributed by atoms with van der Waals surface area (Å²) in [6, 6.07) is 0.350. The van der Waals surface area contributed by atoms with Crippen LogP contribution in [0.25, 0.3) is 11.0 Å². The Balaban J connectivity index is 1.95. The van der Waals surface area contributed by atoms with Gasteiger partial charge in [0.05, 0.1) is 5.39 Å². The van der Waals surface area contributed by atoms with Gasteiger partial charge < -0.3 is 15.5 Å². The van der Waals surface area contributed by atoms with E-state index < -0.39 is 0 Å². The summed E-state index contributed by atoms with van der Waals surface area (Å²) in [6.07, 6.45) is 4.93. The van der Waals surface area contributed by atoms with Crippen LogP contribution in [-0.2, 0) is 0 Å². The average Bonchev–Trinajstić information content (AvgIpc) is 2.56. The van der Waals surface area contributed by atoms with Gasteiger partial charge in [0.2, 0.25) is 5.95 Å². The topological polar surface area (TPSA) is 66.0 Å². The standard InChI is InChI=1S/C18H27BN6/c1-11-14-16(20-3)23-18(24-17(14)21-12(2)15(11)19)22-13-8-6-5-7-9-25(4)10-13/h13H,5-10H2,1-4H3,(H2,20,21,22,23,24)/t13-/m1/s1. The number of nitrogens with zero attached hydrogens (tertiary/aromatic N) is 4. The minimum Gasteiger partial charge on any atom is -0.372 e. The minimum atomic E-state index is 0.350. The maximum absolute atomic E-state index is 6.14. The lowest BCUT2D eigenvalue weighted by atomic mass is 9.88. The second kappa shape index (κ2) is 7.56. The van der Waals surface area contributed by atoms with Crippen LogP contribution in [0.4, 0.5) is 11.8 Å². The molecule has 2 aromatic heterocycles. The Labute approximate surface area is 151 Å². The molecule has 0 spiro atoms. The number of hydrogen-bond acceptors (Lipinski definition) is 6. The Morgan fingerprint density at radius 2 is 1.92 bits per heavy atom. The Kier molecular flexibility index (Phi) is 5.42. The van der Waals surface area contributed by atoms with Gasteiger partial charge in [0, 0.05) is 25.3 Å². The number of hydrogen-bond donors (Lipinski definition) is 2. The maximum Gasteiger partial charge on any atom is 0.226 e. The zero-order valence-electron chi connectivity index (χ0n) is 15.7. The second-order valence-electron chi connectivity index (χ2n) is 7.03. The molecule has 0 bridgehead atoms. The summed E-state index contributed by atoms with van der Waals surface area (Å²) in [6.45, 7) is 6.06. The number of likely N-dealkylation sites (N-methyl/N-ethyl adjacent to an activating group) is 1. The van der Waals surface area contributed by atoms with Crippen LogP contribution in [0.3, 0.4) is 0 Å². The van der Waals surface area contributed by atoms with Gasteiger partial charge in [-0.1, -0.05) is 18.3 Å². The van der Waals surface area contributed by atoms with Gasteiger partial charge in [0.15, 0.2) is 5.65 Å². The SMILES string of the molecule is [B]c1c(C)nc2nc(N[C@@H]3CCCCCN(C)C3)nc(NC)c2c1C. The van der Waals surface area contributed by atoms with Crippen molar-refractivity contribution in [2.45, 2.75) is 45.6 Å². The number of fused-ring (bicyclic) bond motifs is 1. The molecule has 0 aromatic carbocycles. The van der Waals surface area contributed by atoms with Crippen molar-refractivity contribution < 1.29 is 0 Å². The molecule has 0 unspecified atom stereocenters. The van der Waals surface area contributed by atoms with Gasteiger partial charge in [-0.05, 0) is 45.8 Å². The predicted molar refractivity (Wildman–Crippen MR) is 105 cm³/mol. The first kappa shape index (κ1) is 17.9. The summed E-state index contributed by atoms with van der Waals surface area (Å²) in [7, 11) is 10.2. The number of likely N-dealkylation sites (tertiary alicyclic amines) is 1. The lowest BCUT2D eigenvalue weighted by molar-refractivity contribution is 0.283. The summed E-state index contributed by atoms with van der Waals surface area (Å²) >= 11 is 0. The third-order valence-electron chi connectivity index (χ3n) is 5.03.